The quantitative estimate of drug-likeness (QED) is 0.815. The SMILES string of the molecule is CC(C)(C)NC(=O)N1CCc2cc(C(=O)O)ccc21. The minimum atomic E-state index is -0.944. The first-order valence-corrected chi connectivity index (χ1v) is 6.24. The molecule has 2 amide bonds. The number of benzene rings is 1. The van der Waals surface area contributed by atoms with Crippen molar-refractivity contribution >= 4 is 17.7 Å². The van der Waals surface area contributed by atoms with Crippen LogP contribution in [-0.2, 0) is 6.42 Å². The third-order valence-corrected chi connectivity index (χ3v) is 2.95. The van der Waals surface area contributed by atoms with E-state index in [0.717, 1.165) is 11.3 Å². The summed E-state index contributed by atoms with van der Waals surface area (Å²) < 4.78 is 0. The van der Waals surface area contributed by atoms with Crippen LogP contribution in [0, 0.1) is 0 Å². The zero-order chi connectivity index (χ0) is 14.2. The maximum absolute atomic E-state index is 12.1. The summed E-state index contributed by atoms with van der Waals surface area (Å²) in [5.41, 5.74) is 1.67. The van der Waals surface area contributed by atoms with Crippen molar-refractivity contribution in [1.29, 1.82) is 0 Å². The minimum Gasteiger partial charge on any atom is -0.478 e. The highest BCUT2D eigenvalue weighted by atomic mass is 16.4. The van der Waals surface area contributed by atoms with Crippen molar-refractivity contribution in [3.63, 3.8) is 0 Å². The Bertz CT molecular complexity index is 532. The van der Waals surface area contributed by atoms with Gasteiger partial charge in [-0.1, -0.05) is 0 Å². The monoisotopic (exact) mass is 262 g/mol. The van der Waals surface area contributed by atoms with Crippen molar-refractivity contribution in [2.45, 2.75) is 32.7 Å². The number of urea groups is 1. The summed E-state index contributed by atoms with van der Waals surface area (Å²) in [6, 6.07) is 4.73. The fourth-order valence-corrected chi connectivity index (χ4v) is 2.13. The summed E-state index contributed by atoms with van der Waals surface area (Å²) >= 11 is 0. The molecule has 0 bridgehead atoms. The van der Waals surface area contributed by atoms with E-state index in [9.17, 15) is 9.59 Å². The van der Waals surface area contributed by atoms with Crippen LogP contribution >= 0.6 is 0 Å². The summed E-state index contributed by atoms with van der Waals surface area (Å²) in [5, 5.41) is 11.9. The van der Waals surface area contributed by atoms with Gasteiger partial charge in [-0.3, -0.25) is 4.90 Å². The van der Waals surface area contributed by atoms with Crippen molar-refractivity contribution in [3.8, 4) is 0 Å². The van der Waals surface area contributed by atoms with Gasteiger partial charge in [-0.15, -0.1) is 0 Å². The number of hydrogen-bond donors (Lipinski definition) is 2. The lowest BCUT2D eigenvalue weighted by Crippen LogP contribution is -2.48. The number of amides is 2. The fraction of sp³-hybridized carbons (Fsp3) is 0.429. The normalized spacial score (nSPS) is 14.2. The highest BCUT2D eigenvalue weighted by Gasteiger charge is 2.27. The van der Waals surface area contributed by atoms with Gasteiger partial charge in [0.25, 0.3) is 0 Å². The number of anilines is 1. The molecule has 0 atom stereocenters. The van der Waals surface area contributed by atoms with E-state index in [2.05, 4.69) is 5.32 Å². The number of carbonyl (C=O) groups excluding carboxylic acids is 1. The average molecular weight is 262 g/mol. The van der Waals surface area contributed by atoms with E-state index < -0.39 is 5.97 Å². The molecule has 5 heteroatoms. The largest absolute Gasteiger partial charge is 0.478 e. The maximum atomic E-state index is 12.1. The summed E-state index contributed by atoms with van der Waals surface area (Å²) in [7, 11) is 0. The lowest BCUT2D eigenvalue weighted by Gasteiger charge is -2.25. The molecule has 0 aliphatic carbocycles. The van der Waals surface area contributed by atoms with Crippen molar-refractivity contribution in [1.82, 2.24) is 5.32 Å². The van der Waals surface area contributed by atoms with Gasteiger partial charge >= 0.3 is 12.0 Å². The van der Waals surface area contributed by atoms with E-state index in [4.69, 9.17) is 5.11 Å². The Hall–Kier alpha value is -2.04. The van der Waals surface area contributed by atoms with Gasteiger partial charge in [-0.05, 0) is 51.0 Å². The van der Waals surface area contributed by atoms with Crippen LogP contribution in [-0.4, -0.2) is 29.2 Å². The van der Waals surface area contributed by atoms with Gasteiger partial charge in [0.2, 0.25) is 0 Å². The highest BCUT2D eigenvalue weighted by Crippen LogP contribution is 2.29. The molecule has 1 aliphatic heterocycles. The molecule has 1 aromatic carbocycles. The van der Waals surface area contributed by atoms with Gasteiger partial charge in [-0.2, -0.15) is 0 Å². The molecular weight excluding hydrogens is 244 g/mol. The van der Waals surface area contributed by atoms with Gasteiger partial charge in [0.1, 0.15) is 0 Å². The Balaban J connectivity index is 2.23. The van der Waals surface area contributed by atoms with Gasteiger partial charge in [-0.25, -0.2) is 9.59 Å². The Morgan fingerprint density at radius 1 is 1.32 bits per heavy atom. The van der Waals surface area contributed by atoms with Crippen LogP contribution in [0.5, 0.6) is 0 Å². The van der Waals surface area contributed by atoms with E-state index in [0.29, 0.717) is 13.0 Å². The molecule has 19 heavy (non-hydrogen) atoms. The summed E-state index contributed by atoms with van der Waals surface area (Å²) in [4.78, 5) is 24.7. The Labute approximate surface area is 112 Å². The van der Waals surface area contributed by atoms with Gasteiger partial charge in [0.05, 0.1) is 5.56 Å². The molecule has 2 rings (SSSR count). The van der Waals surface area contributed by atoms with E-state index in [1.165, 1.54) is 6.07 Å². The van der Waals surface area contributed by atoms with E-state index in [1.807, 2.05) is 20.8 Å². The molecule has 0 aromatic heterocycles. The van der Waals surface area contributed by atoms with Crippen LogP contribution in [0.1, 0.15) is 36.7 Å². The first-order chi connectivity index (χ1) is 8.78. The van der Waals surface area contributed by atoms with E-state index in [-0.39, 0.29) is 17.1 Å². The van der Waals surface area contributed by atoms with Gasteiger partial charge in [0.15, 0.2) is 0 Å². The van der Waals surface area contributed by atoms with Crippen molar-refractivity contribution in [2.24, 2.45) is 0 Å². The molecule has 0 fully saturated rings. The first-order valence-electron chi connectivity index (χ1n) is 6.24. The predicted octanol–water partition coefficient (Wildman–Crippen LogP) is 2.26. The highest BCUT2D eigenvalue weighted by molar-refractivity contribution is 5.96. The molecule has 0 saturated carbocycles. The van der Waals surface area contributed by atoms with Crippen LogP contribution in [0.3, 0.4) is 0 Å². The lowest BCUT2D eigenvalue weighted by molar-refractivity contribution is 0.0697. The van der Waals surface area contributed by atoms with Crippen LogP contribution in [0.4, 0.5) is 10.5 Å². The average Bonchev–Trinajstić information content (AvgIpc) is 2.68. The molecular formula is C14H18N2O3. The third-order valence-electron chi connectivity index (χ3n) is 2.95. The van der Waals surface area contributed by atoms with Crippen molar-refractivity contribution in [3.05, 3.63) is 29.3 Å². The summed E-state index contributed by atoms with van der Waals surface area (Å²) in [6.07, 6.45) is 0.689. The Kier molecular flexibility index (Phi) is 3.22. The van der Waals surface area contributed by atoms with Crippen LogP contribution in [0.15, 0.2) is 18.2 Å². The second kappa shape index (κ2) is 4.57. The number of carbonyl (C=O) groups is 2. The summed E-state index contributed by atoms with van der Waals surface area (Å²) in [6.45, 7) is 6.36. The predicted molar refractivity (Wildman–Crippen MR) is 72.7 cm³/mol. The van der Waals surface area contributed by atoms with Crippen molar-refractivity contribution < 1.29 is 14.7 Å². The van der Waals surface area contributed by atoms with Crippen molar-refractivity contribution in [2.75, 3.05) is 11.4 Å². The lowest BCUT2D eigenvalue weighted by atomic mass is 10.1. The van der Waals surface area contributed by atoms with E-state index >= 15 is 0 Å². The third kappa shape index (κ3) is 2.86. The molecule has 5 nitrogen and oxygen atoms in total. The molecule has 102 valence electrons. The summed E-state index contributed by atoms with van der Waals surface area (Å²) in [5.74, 6) is -0.944. The number of carboxylic acid groups (broad SMARTS) is 1. The van der Waals surface area contributed by atoms with E-state index in [1.54, 1.807) is 17.0 Å². The maximum Gasteiger partial charge on any atom is 0.335 e. The van der Waals surface area contributed by atoms with Crippen LogP contribution in [0.2, 0.25) is 0 Å². The molecule has 0 radical (unpaired) electrons. The van der Waals surface area contributed by atoms with Gasteiger partial charge < -0.3 is 10.4 Å². The van der Waals surface area contributed by atoms with Crippen LogP contribution in [0.25, 0.3) is 0 Å². The number of nitrogens with one attached hydrogen (secondary N) is 1. The zero-order valence-electron chi connectivity index (χ0n) is 11.4. The number of rotatable bonds is 1. The molecule has 1 aromatic rings. The second-order valence-corrected chi connectivity index (χ2v) is 5.73. The standard InChI is InChI=1S/C14H18N2O3/c1-14(2,3)15-13(19)16-7-6-9-8-10(12(17)18)4-5-11(9)16/h4-5,8H,6-7H2,1-3H3,(H,15,19)(H,17,18). The number of hydrogen-bond acceptors (Lipinski definition) is 2. The molecule has 1 heterocycles. The van der Waals surface area contributed by atoms with Crippen LogP contribution < -0.4 is 10.2 Å². The molecule has 0 saturated heterocycles. The molecule has 1 aliphatic rings. The Morgan fingerprint density at radius 2 is 2.00 bits per heavy atom. The fourth-order valence-electron chi connectivity index (χ4n) is 2.13. The molecule has 0 spiro atoms. The molecule has 0 unspecified atom stereocenters. The topological polar surface area (TPSA) is 69.6 Å². The number of nitrogens with zero attached hydrogens (tertiary/aromatic N) is 1. The second-order valence-electron chi connectivity index (χ2n) is 5.73. The Morgan fingerprint density at radius 3 is 2.58 bits per heavy atom. The zero-order valence-corrected chi connectivity index (χ0v) is 11.4. The number of fused-ring (bicyclic) bond motifs is 1. The van der Waals surface area contributed by atoms with Gasteiger partial charge in [0, 0.05) is 17.8 Å². The first kappa shape index (κ1) is 13.4. The smallest absolute Gasteiger partial charge is 0.335 e. The number of aromatic carboxylic acids is 1. The molecule has 2 N–H and O–H groups in total. The number of carboxylic acids is 1. The minimum absolute atomic E-state index is 0.144.